The van der Waals surface area contributed by atoms with Crippen molar-refractivity contribution in [2.24, 2.45) is 5.41 Å². The lowest BCUT2D eigenvalue weighted by Gasteiger charge is -2.56. The lowest BCUT2D eigenvalue weighted by molar-refractivity contribution is -0.137. The number of methoxy groups -OCH3 is 1. The molecule has 1 aliphatic carbocycles. The summed E-state index contributed by atoms with van der Waals surface area (Å²) >= 11 is 0. The Morgan fingerprint density at radius 3 is 2.96 bits per heavy atom. The van der Waals surface area contributed by atoms with Crippen LogP contribution in [0.4, 0.5) is 5.69 Å². The van der Waals surface area contributed by atoms with E-state index < -0.39 is 0 Å². The van der Waals surface area contributed by atoms with Crippen molar-refractivity contribution < 1.29 is 9.53 Å². The molecule has 4 aliphatic rings. The van der Waals surface area contributed by atoms with E-state index in [1.165, 1.54) is 37.7 Å². The van der Waals surface area contributed by atoms with Crippen LogP contribution in [0.5, 0.6) is 0 Å². The van der Waals surface area contributed by atoms with Gasteiger partial charge in [0, 0.05) is 17.4 Å². The highest BCUT2D eigenvalue weighted by atomic mass is 16.5. The maximum absolute atomic E-state index is 12.7. The first-order valence-electron chi connectivity index (χ1n) is 9.59. The smallest absolute Gasteiger partial charge is 0.335 e. The summed E-state index contributed by atoms with van der Waals surface area (Å²) in [7, 11) is 1.51. The highest BCUT2D eigenvalue weighted by molar-refractivity contribution is 5.93. The molecule has 3 atom stereocenters. The van der Waals surface area contributed by atoms with Crippen LogP contribution in [0.15, 0.2) is 35.5 Å². The van der Waals surface area contributed by atoms with Crippen molar-refractivity contribution >= 4 is 11.7 Å². The third-order valence-electron chi connectivity index (χ3n) is 7.41. The normalized spacial score (nSPS) is 35.7. The van der Waals surface area contributed by atoms with Crippen molar-refractivity contribution in [2.75, 3.05) is 25.5 Å². The first-order chi connectivity index (χ1) is 12.2. The summed E-state index contributed by atoms with van der Waals surface area (Å²) in [5.74, 6) is -0.148. The maximum Gasteiger partial charge on any atom is 0.335 e. The van der Waals surface area contributed by atoms with Crippen molar-refractivity contribution in [3.63, 3.8) is 0 Å². The van der Waals surface area contributed by atoms with Crippen LogP contribution in [0.1, 0.15) is 44.6 Å². The van der Waals surface area contributed by atoms with Gasteiger partial charge in [0.2, 0.25) is 0 Å². The topological polar surface area (TPSA) is 41.6 Å². The Labute approximate surface area is 149 Å². The van der Waals surface area contributed by atoms with E-state index in [9.17, 15) is 4.79 Å². The summed E-state index contributed by atoms with van der Waals surface area (Å²) in [5.41, 5.74) is 4.71. The molecule has 1 aromatic rings. The van der Waals surface area contributed by atoms with Crippen LogP contribution in [-0.2, 0) is 14.9 Å². The number of carbonyl (C=O) groups is 1. The zero-order valence-electron chi connectivity index (χ0n) is 15.1. The van der Waals surface area contributed by atoms with Gasteiger partial charge in [-0.05, 0) is 62.2 Å². The minimum absolute atomic E-state index is 0.0607. The molecule has 0 amide bonds. The van der Waals surface area contributed by atoms with Crippen molar-refractivity contribution in [1.29, 1.82) is 0 Å². The second-order valence-corrected chi connectivity index (χ2v) is 8.17. The zero-order valence-corrected chi connectivity index (χ0v) is 15.1. The molecule has 1 aromatic carbocycles. The fourth-order valence-electron chi connectivity index (χ4n) is 6.49. The summed E-state index contributed by atoms with van der Waals surface area (Å²) in [6.45, 7) is 4.63. The highest BCUT2D eigenvalue weighted by Crippen LogP contribution is 2.65. The van der Waals surface area contributed by atoms with Crippen molar-refractivity contribution in [3.8, 4) is 0 Å². The van der Waals surface area contributed by atoms with Gasteiger partial charge in [0.15, 0.2) is 0 Å². The van der Waals surface area contributed by atoms with Crippen LogP contribution in [0.25, 0.3) is 0 Å². The third-order valence-corrected chi connectivity index (χ3v) is 7.41. The van der Waals surface area contributed by atoms with E-state index in [-0.39, 0.29) is 16.8 Å². The van der Waals surface area contributed by atoms with E-state index in [1.807, 2.05) is 0 Å². The van der Waals surface area contributed by atoms with Crippen LogP contribution in [-0.4, -0.2) is 37.1 Å². The first kappa shape index (κ1) is 15.4. The molecular weight excluding hydrogens is 312 g/mol. The number of piperidine rings is 1. The molecule has 4 heteroatoms. The number of ether oxygens (including phenoxy) is 1. The van der Waals surface area contributed by atoms with Gasteiger partial charge < -0.3 is 10.1 Å². The van der Waals surface area contributed by atoms with Gasteiger partial charge in [0.05, 0.1) is 18.1 Å². The predicted octanol–water partition coefficient (Wildman–Crippen LogP) is 3.45. The van der Waals surface area contributed by atoms with Crippen molar-refractivity contribution in [2.45, 2.75) is 50.5 Å². The molecule has 0 unspecified atom stereocenters. The molecule has 0 radical (unpaired) electrons. The Kier molecular flexibility index (Phi) is 3.15. The number of anilines is 1. The molecule has 1 N–H and O–H groups in total. The van der Waals surface area contributed by atoms with Gasteiger partial charge >= 0.3 is 5.97 Å². The number of carbonyl (C=O) groups excluding carboxylic acids is 1. The second-order valence-electron chi connectivity index (χ2n) is 8.17. The van der Waals surface area contributed by atoms with E-state index in [0.29, 0.717) is 6.04 Å². The number of fused-ring (bicyclic) bond motifs is 1. The van der Waals surface area contributed by atoms with E-state index >= 15 is 0 Å². The van der Waals surface area contributed by atoms with Gasteiger partial charge in [-0.3, -0.25) is 4.90 Å². The molecule has 25 heavy (non-hydrogen) atoms. The molecule has 2 saturated heterocycles. The number of rotatable bonds is 2. The minimum Gasteiger partial charge on any atom is -0.466 e. The fourth-order valence-corrected chi connectivity index (χ4v) is 6.49. The number of hydrogen-bond acceptors (Lipinski definition) is 4. The first-order valence-corrected chi connectivity index (χ1v) is 9.59. The van der Waals surface area contributed by atoms with Gasteiger partial charge in [-0.2, -0.15) is 0 Å². The molecular formula is C21H26N2O2. The summed E-state index contributed by atoms with van der Waals surface area (Å²) in [6.07, 6.45) is 5.50. The molecule has 0 saturated carbocycles. The maximum atomic E-state index is 12.7. The highest BCUT2D eigenvalue weighted by Gasteiger charge is 2.65. The average Bonchev–Trinajstić information content (AvgIpc) is 3.21. The number of hydrogen-bond donors (Lipinski definition) is 1. The average molecular weight is 338 g/mol. The van der Waals surface area contributed by atoms with Crippen molar-refractivity contribution in [3.05, 3.63) is 41.1 Å². The summed E-state index contributed by atoms with van der Waals surface area (Å²) in [6, 6.07) is 9.15. The Balaban J connectivity index is 1.81. The summed E-state index contributed by atoms with van der Waals surface area (Å²) < 4.78 is 5.22. The van der Waals surface area contributed by atoms with Gasteiger partial charge in [-0.15, -0.1) is 0 Å². The number of benzene rings is 1. The number of esters is 1. The van der Waals surface area contributed by atoms with E-state index in [0.717, 1.165) is 37.1 Å². The van der Waals surface area contributed by atoms with Crippen LogP contribution in [0, 0.1) is 5.41 Å². The molecule has 2 fully saturated rings. The molecule has 4 nitrogen and oxygen atoms in total. The molecule has 1 spiro atoms. The summed E-state index contributed by atoms with van der Waals surface area (Å²) in [5, 5.41) is 3.65. The van der Waals surface area contributed by atoms with E-state index in [1.54, 1.807) is 0 Å². The van der Waals surface area contributed by atoms with Crippen LogP contribution < -0.4 is 5.32 Å². The number of nitrogens with one attached hydrogen (secondary N) is 1. The largest absolute Gasteiger partial charge is 0.466 e. The Bertz CT molecular complexity index is 786. The molecule has 0 bridgehead atoms. The Morgan fingerprint density at radius 1 is 1.32 bits per heavy atom. The fraction of sp³-hybridized carbons (Fsp3) is 0.571. The van der Waals surface area contributed by atoms with Crippen LogP contribution >= 0.6 is 0 Å². The van der Waals surface area contributed by atoms with Gasteiger partial charge in [0.25, 0.3) is 0 Å². The number of para-hydroxylation sites is 1. The minimum atomic E-state index is -0.148. The SMILES string of the molecule is CC[C@@]12CCCN3CC[C@@]4(C(=C(C(=O)OC)C1)Nc1ccccc14)[C@H]32. The third kappa shape index (κ3) is 1.74. The van der Waals surface area contributed by atoms with Crippen LogP contribution in [0.2, 0.25) is 0 Å². The standard InChI is InChI=1S/C21H26N2O2/c1-3-20-9-6-11-23-12-10-21(19(20)23)15-7-4-5-8-16(15)22-17(21)14(13-20)18(24)25-2/h4-5,7-8,19,22H,3,6,9-13H2,1-2H3/t19-,20-,21-/m1/s1. The van der Waals surface area contributed by atoms with Gasteiger partial charge in [-0.1, -0.05) is 25.1 Å². The van der Waals surface area contributed by atoms with E-state index in [2.05, 4.69) is 41.4 Å². The molecule has 5 rings (SSSR count). The molecule has 3 aliphatic heterocycles. The predicted molar refractivity (Wildman–Crippen MR) is 97.3 cm³/mol. The molecule has 0 aromatic heterocycles. The van der Waals surface area contributed by atoms with Crippen LogP contribution in [0.3, 0.4) is 0 Å². The quantitative estimate of drug-likeness (QED) is 0.839. The Hall–Kier alpha value is -1.81. The van der Waals surface area contributed by atoms with Gasteiger partial charge in [0.1, 0.15) is 0 Å². The zero-order chi connectivity index (χ0) is 17.2. The van der Waals surface area contributed by atoms with E-state index in [4.69, 9.17) is 4.74 Å². The summed E-state index contributed by atoms with van der Waals surface area (Å²) in [4.78, 5) is 15.4. The van der Waals surface area contributed by atoms with Crippen molar-refractivity contribution in [1.82, 2.24) is 4.90 Å². The monoisotopic (exact) mass is 338 g/mol. The van der Waals surface area contributed by atoms with Gasteiger partial charge in [-0.25, -0.2) is 4.79 Å². The molecule has 132 valence electrons. The molecule has 3 heterocycles. The Morgan fingerprint density at radius 2 is 2.16 bits per heavy atom. The second kappa shape index (κ2) is 5.10. The lowest BCUT2D eigenvalue weighted by Crippen LogP contribution is -2.59. The number of nitrogens with zero attached hydrogens (tertiary/aromatic N) is 1. The lowest BCUT2D eigenvalue weighted by atomic mass is 9.53.